The summed E-state index contributed by atoms with van der Waals surface area (Å²) in [5.74, 6) is -1.32. The fourth-order valence-corrected chi connectivity index (χ4v) is 3.59. The molecule has 1 aromatic heterocycles. The Morgan fingerprint density at radius 2 is 1.81 bits per heavy atom. The monoisotopic (exact) mass is 498 g/mol. The van der Waals surface area contributed by atoms with Crippen LogP contribution in [0.4, 0.5) is 18.9 Å². The molecule has 0 aliphatic carbocycles. The van der Waals surface area contributed by atoms with Crippen LogP contribution in [-0.4, -0.2) is 47.5 Å². The maximum atomic E-state index is 13.0. The summed E-state index contributed by atoms with van der Waals surface area (Å²) >= 11 is 0. The number of ether oxygens (including phenoxy) is 2. The van der Waals surface area contributed by atoms with E-state index in [-0.39, 0.29) is 23.3 Å². The second-order valence-corrected chi connectivity index (χ2v) is 7.74. The van der Waals surface area contributed by atoms with Crippen LogP contribution in [0.1, 0.15) is 39.3 Å². The summed E-state index contributed by atoms with van der Waals surface area (Å²) in [6.45, 7) is 0.350. The normalized spacial score (nSPS) is 13.6. The van der Waals surface area contributed by atoms with Gasteiger partial charge in [0.1, 0.15) is 5.69 Å². The lowest BCUT2D eigenvalue weighted by molar-refractivity contribution is -0.275. The highest BCUT2D eigenvalue weighted by Gasteiger charge is 2.33. The third-order valence-corrected chi connectivity index (χ3v) is 5.27. The zero-order valence-electron chi connectivity index (χ0n) is 19.1. The zero-order chi connectivity index (χ0) is 25.7. The number of halogens is 3. The number of amides is 2. The van der Waals surface area contributed by atoms with Crippen LogP contribution in [0.15, 0.2) is 72.0 Å². The number of anilines is 1. The fraction of sp³-hybridized carbons (Fsp3) is 0.200. The molecule has 0 atom stereocenters. The van der Waals surface area contributed by atoms with Crippen molar-refractivity contribution in [3.05, 3.63) is 83.7 Å². The van der Waals surface area contributed by atoms with E-state index in [1.165, 1.54) is 30.4 Å². The molecule has 1 aliphatic rings. The number of hydrogen-bond donors (Lipinski definition) is 1. The Balaban J connectivity index is 1.49. The Morgan fingerprint density at radius 1 is 1.03 bits per heavy atom. The minimum absolute atomic E-state index is 0.0735. The topological polar surface area (TPSA) is 93.1 Å². The quantitative estimate of drug-likeness (QED) is 0.523. The van der Waals surface area contributed by atoms with Gasteiger partial charge in [-0.05, 0) is 67.4 Å². The first-order valence-corrected chi connectivity index (χ1v) is 10.9. The molecule has 11 heteroatoms. The van der Waals surface area contributed by atoms with Crippen molar-refractivity contribution in [2.75, 3.05) is 19.0 Å². The number of carbonyl (C=O) groups excluding carboxylic acids is 2. The van der Waals surface area contributed by atoms with Crippen LogP contribution in [0.3, 0.4) is 0 Å². The first kappa shape index (κ1) is 24.7. The lowest BCUT2D eigenvalue weighted by atomic mass is 10.0. The summed E-state index contributed by atoms with van der Waals surface area (Å²) in [4.78, 5) is 29.2. The van der Waals surface area contributed by atoms with E-state index < -0.39 is 12.1 Å². The van der Waals surface area contributed by atoms with Gasteiger partial charge in [0.2, 0.25) is 0 Å². The van der Waals surface area contributed by atoms with Crippen LogP contribution in [0.2, 0.25) is 0 Å². The highest BCUT2D eigenvalue weighted by Crippen LogP contribution is 2.34. The van der Waals surface area contributed by atoms with Crippen LogP contribution >= 0.6 is 0 Å². The molecule has 3 aromatic rings. The fourth-order valence-electron chi connectivity index (χ4n) is 3.59. The van der Waals surface area contributed by atoms with E-state index in [9.17, 15) is 22.8 Å². The molecule has 1 N–H and O–H groups in total. The summed E-state index contributed by atoms with van der Waals surface area (Å²) in [5.41, 5.74) is 1.92. The molecule has 0 spiro atoms. The molecule has 2 amide bonds. The van der Waals surface area contributed by atoms with Crippen molar-refractivity contribution >= 4 is 23.2 Å². The van der Waals surface area contributed by atoms with E-state index in [4.69, 9.17) is 4.74 Å². The van der Waals surface area contributed by atoms with Crippen molar-refractivity contribution < 1.29 is 32.2 Å². The number of nitrogens with one attached hydrogen (secondary N) is 1. The van der Waals surface area contributed by atoms with E-state index in [0.717, 1.165) is 0 Å². The molecule has 0 bridgehead atoms. The standard InChI is InChI=1S/C25H21F3N4O4/c1-35-21-12-9-17(15-22(21)36-25(26,27)28)19-6-4-14-32(31-19)24(34)16-7-10-18(11-8-16)30-23(33)20-5-2-3-13-29-20/h2-3,5,7-13,15H,4,6,14H2,1H3,(H,30,33). The van der Waals surface area contributed by atoms with Gasteiger partial charge in [0, 0.05) is 29.6 Å². The summed E-state index contributed by atoms with van der Waals surface area (Å²) in [5, 5.41) is 8.36. The Hall–Kier alpha value is -4.41. The number of methoxy groups -OCH3 is 1. The highest BCUT2D eigenvalue weighted by atomic mass is 19.4. The van der Waals surface area contributed by atoms with Crippen molar-refractivity contribution in [3.63, 3.8) is 0 Å². The van der Waals surface area contributed by atoms with Gasteiger partial charge >= 0.3 is 6.36 Å². The maximum Gasteiger partial charge on any atom is 0.573 e. The maximum absolute atomic E-state index is 13.0. The molecule has 2 heterocycles. The molecule has 0 saturated carbocycles. The molecular weight excluding hydrogens is 477 g/mol. The Bertz CT molecular complexity index is 1280. The van der Waals surface area contributed by atoms with Gasteiger partial charge in [-0.2, -0.15) is 5.10 Å². The average molecular weight is 498 g/mol. The van der Waals surface area contributed by atoms with Gasteiger partial charge in [-0.25, -0.2) is 5.01 Å². The summed E-state index contributed by atoms with van der Waals surface area (Å²) in [6.07, 6.45) is -2.32. The van der Waals surface area contributed by atoms with Crippen molar-refractivity contribution in [1.82, 2.24) is 9.99 Å². The predicted molar refractivity (Wildman–Crippen MR) is 125 cm³/mol. The molecule has 36 heavy (non-hydrogen) atoms. The number of nitrogens with zero attached hydrogens (tertiary/aromatic N) is 3. The number of alkyl halides is 3. The lowest BCUT2D eigenvalue weighted by Gasteiger charge is -2.24. The third kappa shape index (κ3) is 5.98. The van der Waals surface area contributed by atoms with Gasteiger partial charge in [-0.1, -0.05) is 6.07 Å². The van der Waals surface area contributed by atoms with Crippen LogP contribution in [-0.2, 0) is 0 Å². The van der Waals surface area contributed by atoms with Crippen LogP contribution in [0.25, 0.3) is 0 Å². The Morgan fingerprint density at radius 3 is 2.47 bits per heavy atom. The average Bonchev–Trinajstić information content (AvgIpc) is 2.88. The molecule has 0 fully saturated rings. The van der Waals surface area contributed by atoms with Crippen LogP contribution in [0, 0.1) is 0 Å². The highest BCUT2D eigenvalue weighted by molar-refractivity contribution is 6.04. The predicted octanol–water partition coefficient (Wildman–Crippen LogP) is 4.88. The second kappa shape index (κ2) is 10.5. The first-order valence-electron chi connectivity index (χ1n) is 10.9. The second-order valence-electron chi connectivity index (χ2n) is 7.74. The molecule has 4 rings (SSSR count). The van der Waals surface area contributed by atoms with Gasteiger partial charge in [-0.15, -0.1) is 13.2 Å². The third-order valence-electron chi connectivity index (χ3n) is 5.27. The van der Waals surface area contributed by atoms with Gasteiger partial charge in [-0.3, -0.25) is 14.6 Å². The van der Waals surface area contributed by atoms with E-state index in [1.807, 2.05) is 0 Å². The molecule has 0 saturated heterocycles. The molecule has 186 valence electrons. The number of hydrazone groups is 1. The largest absolute Gasteiger partial charge is 0.573 e. The van der Waals surface area contributed by atoms with E-state index in [0.29, 0.717) is 41.9 Å². The van der Waals surface area contributed by atoms with E-state index in [2.05, 4.69) is 20.1 Å². The summed E-state index contributed by atoms with van der Waals surface area (Å²) in [6, 6.07) is 15.4. The first-order chi connectivity index (χ1) is 17.2. The Labute approximate surface area is 204 Å². The number of hydrogen-bond acceptors (Lipinski definition) is 6. The minimum atomic E-state index is -4.88. The smallest absolute Gasteiger partial charge is 0.493 e. The number of benzene rings is 2. The molecule has 1 aliphatic heterocycles. The zero-order valence-corrected chi connectivity index (χ0v) is 19.1. The number of aromatic nitrogens is 1. The number of pyridine rings is 1. The van der Waals surface area contributed by atoms with E-state index in [1.54, 1.807) is 48.5 Å². The summed E-state index contributed by atoms with van der Waals surface area (Å²) in [7, 11) is 1.24. The molecule has 2 aromatic carbocycles. The van der Waals surface area contributed by atoms with Gasteiger partial charge in [0.05, 0.1) is 12.8 Å². The SMILES string of the molecule is COc1ccc(C2=NN(C(=O)c3ccc(NC(=O)c4ccccn4)cc3)CCC2)cc1OC(F)(F)F. The summed E-state index contributed by atoms with van der Waals surface area (Å²) < 4.78 is 47.4. The van der Waals surface area contributed by atoms with Gasteiger partial charge in [0.15, 0.2) is 11.5 Å². The van der Waals surface area contributed by atoms with E-state index >= 15 is 0 Å². The molecular formula is C25H21F3N4O4. The van der Waals surface area contributed by atoms with Crippen molar-refractivity contribution in [2.24, 2.45) is 5.10 Å². The molecule has 0 radical (unpaired) electrons. The van der Waals surface area contributed by atoms with Gasteiger partial charge < -0.3 is 14.8 Å². The van der Waals surface area contributed by atoms with Crippen molar-refractivity contribution in [3.8, 4) is 11.5 Å². The van der Waals surface area contributed by atoms with Crippen LogP contribution in [0.5, 0.6) is 11.5 Å². The van der Waals surface area contributed by atoms with Crippen molar-refractivity contribution in [1.29, 1.82) is 0 Å². The number of rotatable bonds is 6. The van der Waals surface area contributed by atoms with Crippen molar-refractivity contribution in [2.45, 2.75) is 19.2 Å². The minimum Gasteiger partial charge on any atom is -0.493 e. The van der Waals surface area contributed by atoms with Gasteiger partial charge in [0.25, 0.3) is 11.8 Å². The number of carbonyl (C=O) groups is 2. The lowest BCUT2D eigenvalue weighted by Crippen LogP contribution is -2.32. The molecule has 0 unspecified atom stereocenters. The molecule has 8 nitrogen and oxygen atoms in total. The Kier molecular flexibility index (Phi) is 7.18. The van der Waals surface area contributed by atoms with Crippen LogP contribution < -0.4 is 14.8 Å².